The Labute approximate surface area is 295 Å². The maximum atomic E-state index is 6.37. The van der Waals surface area contributed by atoms with Crippen molar-refractivity contribution < 1.29 is 4.42 Å². The van der Waals surface area contributed by atoms with Crippen molar-refractivity contribution in [2.75, 3.05) is 4.90 Å². The Bertz CT molecular complexity index is 2830. The molecule has 8 aromatic carbocycles. The fourth-order valence-electron chi connectivity index (χ4n) is 7.72. The van der Waals surface area contributed by atoms with Crippen LogP contribution in [0.5, 0.6) is 0 Å². The van der Waals surface area contributed by atoms with Crippen LogP contribution in [0.1, 0.15) is 0 Å². The molecule has 10 rings (SSSR count). The number of hydrogen-bond donors (Lipinski definition) is 0. The summed E-state index contributed by atoms with van der Waals surface area (Å²) in [5.74, 6) is 0. The van der Waals surface area contributed by atoms with Crippen molar-refractivity contribution in [3.63, 3.8) is 0 Å². The fourth-order valence-corrected chi connectivity index (χ4v) is 7.72. The van der Waals surface area contributed by atoms with Gasteiger partial charge in [0, 0.05) is 44.0 Å². The highest BCUT2D eigenvalue weighted by Crippen LogP contribution is 2.46. The molecule has 0 amide bonds. The summed E-state index contributed by atoms with van der Waals surface area (Å²) in [7, 11) is 0. The summed E-state index contributed by atoms with van der Waals surface area (Å²) in [6, 6.07) is 69.2. The molecule has 0 aliphatic carbocycles. The van der Waals surface area contributed by atoms with Crippen molar-refractivity contribution in [3.05, 3.63) is 194 Å². The smallest absolute Gasteiger partial charge is 0.136 e. The normalized spacial score (nSPS) is 11.5. The molecule has 0 aliphatic rings. The van der Waals surface area contributed by atoms with E-state index in [1.54, 1.807) is 0 Å². The molecule has 0 radical (unpaired) electrons. The standard InChI is InChI=1S/C48H32N2O/c1-2-15-33(16-3-1)37-19-4-9-24-43(37)49(35-17-14-18-36(32-35)50-45-26-11-6-21-39(45)40-22-7-12-27-46(40)50)44-25-10-5-20-38(44)34-29-30-42-41-23-8-13-28-47(41)51-48(42)31-34/h1-32H. The third kappa shape index (κ3) is 4.82. The van der Waals surface area contributed by atoms with Crippen molar-refractivity contribution >= 4 is 60.8 Å². The van der Waals surface area contributed by atoms with Crippen LogP contribution in [-0.2, 0) is 0 Å². The molecule has 0 saturated heterocycles. The molecule has 0 bridgehead atoms. The van der Waals surface area contributed by atoms with Crippen LogP contribution >= 0.6 is 0 Å². The van der Waals surface area contributed by atoms with Gasteiger partial charge in [0.1, 0.15) is 11.2 Å². The van der Waals surface area contributed by atoms with Crippen LogP contribution in [0.4, 0.5) is 17.1 Å². The van der Waals surface area contributed by atoms with E-state index in [0.717, 1.165) is 66.9 Å². The van der Waals surface area contributed by atoms with Crippen LogP contribution in [0.15, 0.2) is 199 Å². The minimum absolute atomic E-state index is 0.883. The molecule has 0 N–H and O–H groups in total. The van der Waals surface area contributed by atoms with E-state index in [0.29, 0.717) is 0 Å². The minimum Gasteiger partial charge on any atom is -0.456 e. The summed E-state index contributed by atoms with van der Waals surface area (Å²) >= 11 is 0. The maximum Gasteiger partial charge on any atom is 0.136 e. The predicted octanol–water partition coefficient (Wildman–Crippen LogP) is 13.5. The van der Waals surface area contributed by atoms with E-state index in [-0.39, 0.29) is 0 Å². The molecule has 0 saturated carbocycles. The van der Waals surface area contributed by atoms with Crippen molar-refractivity contribution in [1.82, 2.24) is 4.57 Å². The molecule has 0 unspecified atom stereocenters. The molecule has 3 heteroatoms. The van der Waals surface area contributed by atoms with Gasteiger partial charge >= 0.3 is 0 Å². The maximum absolute atomic E-state index is 6.37. The van der Waals surface area contributed by atoms with Gasteiger partial charge in [0.2, 0.25) is 0 Å². The Morgan fingerprint density at radius 3 is 1.67 bits per heavy atom. The summed E-state index contributed by atoms with van der Waals surface area (Å²) in [5.41, 5.74) is 13.0. The minimum atomic E-state index is 0.883. The molecule has 0 spiro atoms. The lowest BCUT2D eigenvalue weighted by Gasteiger charge is -2.30. The lowest BCUT2D eigenvalue weighted by atomic mass is 9.98. The number of fused-ring (bicyclic) bond motifs is 6. The molecule has 240 valence electrons. The van der Waals surface area contributed by atoms with E-state index in [2.05, 4.69) is 191 Å². The quantitative estimate of drug-likeness (QED) is 0.178. The Morgan fingerprint density at radius 2 is 0.941 bits per heavy atom. The first-order chi connectivity index (χ1) is 25.3. The third-order valence-corrected chi connectivity index (χ3v) is 9.99. The lowest BCUT2D eigenvalue weighted by molar-refractivity contribution is 0.669. The second-order valence-corrected chi connectivity index (χ2v) is 12.9. The molecule has 0 fully saturated rings. The van der Waals surface area contributed by atoms with Crippen LogP contribution in [-0.4, -0.2) is 4.57 Å². The summed E-state index contributed by atoms with van der Waals surface area (Å²) in [6.45, 7) is 0. The van der Waals surface area contributed by atoms with Gasteiger partial charge in [-0.05, 0) is 71.8 Å². The molecule has 0 aliphatic heterocycles. The van der Waals surface area contributed by atoms with Crippen LogP contribution in [0.2, 0.25) is 0 Å². The Kier molecular flexibility index (Phi) is 6.81. The predicted molar refractivity (Wildman–Crippen MR) is 214 cm³/mol. The van der Waals surface area contributed by atoms with Crippen LogP contribution in [0.25, 0.3) is 71.7 Å². The topological polar surface area (TPSA) is 21.3 Å². The molecule has 0 atom stereocenters. The highest BCUT2D eigenvalue weighted by atomic mass is 16.3. The Hall–Kier alpha value is -6.84. The third-order valence-electron chi connectivity index (χ3n) is 9.99. The van der Waals surface area contributed by atoms with E-state index in [9.17, 15) is 0 Å². The van der Waals surface area contributed by atoms with Crippen molar-refractivity contribution in [3.8, 4) is 27.9 Å². The van der Waals surface area contributed by atoms with Gasteiger partial charge in [-0.1, -0.05) is 133 Å². The number of anilines is 3. The van der Waals surface area contributed by atoms with E-state index in [1.165, 1.54) is 21.8 Å². The molecular weight excluding hydrogens is 621 g/mol. The average molecular weight is 653 g/mol. The van der Waals surface area contributed by atoms with Gasteiger partial charge in [-0.2, -0.15) is 0 Å². The zero-order valence-corrected chi connectivity index (χ0v) is 27.8. The van der Waals surface area contributed by atoms with Crippen molar-refractivity contribution in [1.29, 1.82) is 0 Å². The Balaban J connectivity index is 1.22. The first kappa shape index (κ1) is 29.1. The van der Waals surface area contributed by atoms with Gasteiger partial charge in [-0.15, -0.1) is 0 Å². The summed E-state index contributed by atoms with van der Waals surface area (Å²) in [6.07, 6.45) is 0. The molecular formula is C48H32N2O. The highest BCUT2D eigenvalue weighted by molar-refractivity contribution is 6.09. The van der Waals surface area contributed by atoms with E-state index in [4.69, 9.17) is 4.42 Å². The van der Waals surface area contributed by atoms with Crippen LogP contribution < -0.4 is 4.90 Å². The first-order valence-corrected chi connectivity index (χ1v) is 17.4. The second-order valence-electron chi connectivity index (χ2n) is 12.9. The van der Waals surface area contributed by atoms with E-state index < -0.39 is 0 Å². The number of para-hydroxylation sites is 5. The fraction of sp³-hybridized carbons (Fsp3) is 0. The van der Waals surface area contributed by atoms with Gasteiger partial charge in [0.15, 0.2) is 0 Å². The van der Waals surface area contributed by atoms with Crippen LogP contribution in [0.3, 0.4) is 0 Å². The SMILES string of the molecule is c1ccc(-c2ccccc2N(c2cccc(-n3c4ccccc4c4ccccc43)c2)c2ccccc2-c2ccc3c(c2)oc2ccccc23)cc1. The van der Waals surface area contributed by atoms with Crippen molar-refractivity contribution in [2.45, 2.75) is 0 Å². The van der Waals surface area contributed by atoms with Gasteiger partial charge in [-0.25, -0.2) is 0 Å². The number of benzene rings is 8. The van der Waals surface area contributed by atoms with Crippen LogP contribution in [0, 0.1) is 0 Å². The largest absolute Gasteiger partial charge is 0.456 e. The summed E-state index contributed by atoms with van der Waals surface area (Å²) in [4.78, 5) is 2.41. The zero-order chi connectivity index (χ0) is 33.7. The molecule has 3 nitrogen and oxygen atoms in total. The number of hydrogen-bond acceptors (Lipinski definition) is 2. The van der Waals surface area contributed by atoms with E-state index >= 15 is 0 Å². The average Bonchev–Trinajstić information content (AvgIpc) is 3.74. The van der Waals surface area contributed by atoms with Gasteiger partial charge in [-0.3, -0.25) is 0 Å². The number of nitrogens with zero attached hydrogens (tertiary/aromatic N) is 2. The van der Waals surface area contributed by atoms with Gasteiger partial charge < -0.3 is 13.9 Å². The number of rotatable bonds is 6. The highest BCUT2D eigenvalue weighted by Gasteiger charge is 2.22. The molecule has 2 heterocycles. The number of furan rings is 1. The Morgan fingerprint density at radius 1 is 0.373 bits per heavy atom. The zero-order valence-electron chi connectivity index (χ0n) is 27.8. The second kappa shape index (κ2) is 11.9. The first-order valence-electron chi connectivity index (χ1n) is 17.4. The van der Waals surface area contributed by atoms with E-state index in [1.807, 2.05) is 12.1 Å². The van der Waals surface area contributed by atoms with Gasteiger partial charge in [0.05, 0.1) is 22.4 Å². The number of aromatic nitrogens is 1. The lowest BCUT2D eigenvalue weighted by Crippen LogP contribution is -2.13. The summed E-state index contributed by atoms with van der Waals surface area (Å²) in [5, 5.41) is 4.75. The monoisotopic (exact) mass is 652 g/mol. The van der Waals surface area contributed by atoms with Crippen molar-refractivity contribution in [2.24, 2.45) is 0 Å². The van der Waals surface area contributed by atoms with Gasteiger partial charge in [0.25, 0.3) is 0 Å². The molecule has 51 heavy (non-hydrogen) atoms. The molecule has 10 aromatic rings. The summed E-state index contributed by atoms with van der Waals surface area (Å²) < 4.78 is 8.76. The molecule has 2 aromatic heterocycles.